The second kappa shape index (κ2) is 8.13. The van der Waals surface area contributed by atoms with Gasteiger partial charge in [-0.25, -0.2) is 4.79 Å². The Morgan fingerprint density at radius 2 is 2.08 bits per heavy atom. The summed E-state index contributed by atoms with van der Waals surface area (Å²) in [6.45, 7) is 5.62. The third kappa shape index (κ3) is 4.18. The van der Waals surface area contributed by atoms with E-state index < -0.39 is 5.69 Å². The van der Waals surface area contributed by atoms with Crippen LogP contribution in [0.5, 0.6) is 0 Å². The lowest BCUT2D eigenvalue weighted by molar-refractivity contribution is 0.399. The van der Waals surface area contributed by atoms with Crippen molar-refractivity contribution in [1.29, 1.82) is 0 Å². The smallest absolute Gasteiger partial charge is 0.330 e. The summed E-state index contributed by atoms with van der Waals surface area (Å²) in [5.41, 5.74) is 6.84. The fourth-order valence-corrected chi connectivity index (χ4v) is 2.79. The van der Waals surface area contributed by atoms with Crippen molar-refractivity contribution in [2.24, 2.45) is 5.73 Å². The number of H-pyrrole nitrogens is 2. The largest absolute Gasteiger partial charge is 0.400 e. The second-order valence-electron chi connectivity index (χ2n) is 6.26. The lowest BCUT2D eigenvalue weighted by Gasteiger charge is -2.30. The highest BCUT2D eigenvalue weighted by atomic mass is 16.2. The van der Waals surface area contributed by atoms with Crippen molar-refractivity contribution in [1.82, 2.24) is 19.5 Å². The maximum absolute atomic E-state index is 12.5. The number of rotatable bonds is 3. The molecule has 25 heavy (non-hydrogen) atoms. The zero-order chi connectivity index (χ0) is 18.6. The van der Waals surface area contributed by atoms with Crippen molar-refractivity contribution in [3.8, 4) is 0 Å². The van der Waals surface area contributed by atoms with Gasteiger partial charge in [-0.1, -0.05) is 11.6 Å². The van der Waals surface area contributed by atoms with Gasteiger partial charge in [-0.15, -0.1) is 0 Å². The van der Waals surface area contributed by atoms with E-state index in [1.165, 1.54) is 4.57 Å². The maximum Gasteiger partial charge on any atom is 0.330 e. The van der Waals surface area contributed by atoms with E-state index in [9.17, 15) is 9.59 Å². The molecule has 0 radical (unpaired) electrons. The Kier molecular flexibility index (Phi) is 6.16. The van der Waals surface area contributed by atoms with Gasteiger partial charge in [0.15, 0.2) is 11.2 Å². The predicted octanol–water partition coefficient (Wildman–Crippen LogP) is -0.0849. The van der Waals surface area contributed by atoms with E-state index in [4.69, 9.17) is 10.8 Å². The van der Waals surface area contributed by atoms with Crippen molar-refractivity contribution in [3.63, 3.8) is 0 Å². The van der Waals surface area contributed by atoms with Gasteiger partial charge in [0.1, 0.15) is 0 Å². The molecule has 0 bridgehead atoms. The van der Waals surface area contributed by atoms with Gasteiger partial charge in [0, 0.05) is 32.8 Å². The number of nitrogens with two attached hydrogens (primary N) is 1. The van der Waals surface area contributed by atoms with E-state index >= 15 is 0 Å². The quantitative estimate of drug-likeness (QED) is 0.572. The van der Waals surface area contributed by atoms with Crippen LogP contribution in [0.1, 0.15) is 26.7 Å². The number of aromatic nitrogens is 4. The first-order valence-electron chi connectivity index (χ1n) is 8.27. The molecule has 1 saturated heterocycles. The van der Waals surface area contributed by atoms with Crippen LogP contribution in [0.2, 0.25) is 0 Å². The van der Waals surface area contributed by atoms with Crippen LogP contribution in [0.3, 0.4) is 0 Å². The molecule has 9 nitrogen and oxygen atoms in total. The monoisotopic (exact) mass is 350 g/mol. The molecule has 0 aromatic carbocycles. The van der Waals surface area contributed by atoms with Crippen LogP contribution in [0.25, 0.3) is 11.2 Å². The van der Waals surface area contributed by atoms with Gasteiger partial charge in [-0.05, 0) is 26.7 Å². The first kappa shape index (κ1) is 18.9. The van der Waals surface area contributed by atoms with Gasteiger partial charge >= 0.3 is 5.69 Å². The lowest BCUT2D eigenvalue weighted by atomic mass is 10.1. The maximum atomic E-state index is 12.5. The normalized spacial score (nSPS) is 17.2. The first-order chi connectivity index (χ1) is 12.0. The van der Waals surface area contributed by atoms with Crippen molar-refractivity contribution in [2.45, 2.75) is 39.3 Å². The third-order valence-corrected chi connectivity index (χ3v) is 4.06. The van der Waals surface area contributed by atoms with Gasteiger partial charge in [0.25, 0.3) is 5.56 Å². The van der Waals surface area contributed by atoms with E-state index in [-0.39, 0.29) is 18.1 Å². The molecule has 0 spiro atoms. The molecule has 9 heteroatoms. The van der Waals surface area contributed by atoms with Crippen molar-refractivity contribution >= 4 is 17.1 Å². The number of aliphatic hydroxyl groups is 1. The average Bonchev–Trinajstić information content (AvgIpc) is 3.00. The van der Waals surface area contributed by atoms with Crippen molar-refractivity contribution < 1.29 is 5.11 Å². The highest BCUT2D eigenvalue weighted by Gasteiger charge is 2.21. The van der Waals surface area contributed by atoms with Crippen LogP contribution in [-0.2, 0) is 6.54 Å². The molecule has 3 heterocycles. The minimum atomic E-state index is -0.451. The van der Waals surface area contributed by atoms with Crippen LogP contribution in [0, 0.1) is 0 Å². The molecule has 1 unspecified atom stereocenters. The molecular weight excluding hydrogens is 324 g/mol. The Hall–Kier alpha value is -2.39. The van der Waals surface area contributed by atoms with Crippen LogP contribution < -0.4 is 21.9 Å². The van der Waals surface area contributed by atoms with E-state index in [0.717, 1.165) is 32.1 Å². The summed E-state index contributed by atoms with van der Waals surface area (Å²) in [7, 11) is 1.00. The summed E-state index contributed by atoms with van der Waals surface area (Å²) in [5, 5.41) is 7.00. The highest BCUT2D eigenvalue weighted by molar-refractivity contribution is 5.72. The fraction of sp³-hybridized carbons (Fsp3) is 0.562. The highest BCUT2D eigenvalue weighted by Crippen LogP contribution is 2.17. The minimum Gasteiger partial charge on any atom is -0.400 e. The zero-order valence-electron chi connectivity index (χ0n) is 14.9. The number of nitrogens with one attached hydrogen (secondary N) is 2. The van der Waals surface area contributed by atoms with Gasteiger partial charge in [0.2, 0.25) is 5.95 Å². The summed E-state index contributed by atoms with van der Waals surface area (Å²) >= 11 is 0. The van der Waals surface area contributed by atoms with Gasteiger partial charge < -0.3 is 20.7 Å². The van der Waals surface area contributed by atoms with Crippen LogP contribution in [0.15, 0.2) is 21.2 Å². The van der Waals surface area contributed by atoms with Gasteiger partial charge in [0.05, 0.1) is 0 Å². The number of nitrogens with zero attached hydrogens (tertiary/aromatic N) is 3. The van der Waals surface area contributed by atoms with E-state index in [1.807, 2.05) is 24.8 Å². The number of imidazole rings is 1. The third-order valence-electron chi connectivity index (χ3n) is 4.06. The number of aromatic amines is 2. The van der Waals surface area contributed by atoms with E-state index in [0.29, 0.717) is 23.7 Å². The van der Waals surface area contributed by atoms with Crippen LogP contribution >= 0.6 is 0 Å². The summed E-state index contributed by atoms with van der Waals surface area (Å²) in [5.74, 6) is 0.586. The van der Waals surface area contributed by atoms with Crippen molar-refractivity contribution in [2.75, 3.05) is 25.1 Å². The number of hydrogen-bond donors (Lipinski definition) is 4. The number of anilines is 1. The summed E-state index contributed by atoms with van der Waals surface area (Å²) < 4.78 is 1.17. The molecule has 2 aromatic rings. The molecule has 0 aliphatic carbocycles. The van der Waals surface area contributed by atoms with E-state index in [1.54, 1.807) is 0 Å². The predicted molar refractivity (Wildman–Crippen MR) is 98.0 cm³/mol. The Morgan fingerprint density at radius 1 is 1.36 bits per heavy atom. The van der Waals surface area contributed by atoms with Gasteiger partial charge in [-0.2, -0.15) is 4.98 Å². The Bertz CT molecular complexity index is 859. The number of hydrogen-bond acceptors (Lipinski definition) is 6. The van der Waals surface area contributed by atoms with Gasteiger partial charge in [-0.3, -0.25) is 14.3 Å². The summed E-state index contributed by atoms with van der Waals surface area (Å²) in [6.07, 6.45) is 3.81. The average molecular weight is 350 g/mol. The Balaban J connectivity index is 0.00000109. The summed E-state index contributed by atoms with van der Waals surface area (Å²) in [6, 6.07) is 0.102. The van der Waals surface area contributed by atoms with Crippen molar-refractivity contribution in [3.05, 3.63) is 32.5 Å². The summed E-state index contributed by atoms with van der Waals surface area (Å²) in [4.78, 5) is 36.7. The zero-order valence-corrected chi connectivity index (χ0v) is 14.9. The second-order valence-corrected chi connectivity index (χ2v) is 6.26. The number of piperidine rings is 1. The molecule has 138 valence electrons. The number of fused-ring (bicyclic) bond motifs is 1. The van der Waals surface area contributed by atoms with Crippen LogP contribution in [-0.4, -0.2) is 50.9 Å². The minimum absolute atomic E-state index is 0.102. The molecular formula is C16H26N6O3. The molecule has 1 fully saturated rings. The number of allylic oxidation sites excluding steroid dienone is 2. The van der Waals surface area contributed by atoms with Crippen LogP contribution in [0.4, 0.5) is 5.95 Å². The molecule has 0 amide bonds. The number of aliphatic hydroxyl groups excluding tert-OH is 1. The van der Waals surface area contributed by atoms with E-state index in [2.05, 4.69) is 15.0 Å². The topological polar surface area (TPSA) is 133 Å². The standard InChI is InChI=1S/C15H22N6O2.CH4O/c1-9(2)5-7-21-13(22)11-12(19-15(21)23)18-14(17-11)20-6-3-4-10(16)8-20;1-2/h5,10H,3-4,6-8,16H2,1-2H3,(H,17,18)(H,19,23);2H,1H3. The molecule has 0 saturated carbocycles. The fourth-order valence-electron chi connectivity index (χ4n) is 2.79. The molecule has 1 aliphatic heterocycles. The first-order valence-corrected chi connectivity index (χ1v) is 8.27. The Labute approximate surface area is 145 Å². The molecule has 1 atom stereocenters. The molecule has 2 aromatic heterocycles. The molecule has 1 aliphatic rings. The lowest BCUT2D eigenvalue weighted by Crippen LogP contribution is -2.43. The molecule has 5 N–H and O–H groups in total. The molecule has 3 rings (SSSR count). The SMILES string of the molecule is CC(C)=CCn1c(=O)[nH]c2nc(N3CCCC(N)C3)[nH]c2c1=O.CO. The Morgan fingerprint density at radius 3 is 2.72 bits per heavy atom.